The van der Waals surface area contributed by atoms with E-state index < -0.39 is 0 Å². The van der Waals surface area contributed by atoms with Crippen LogP contribution in [0.1, 0.15) is 38.2 Å². The highest BCUT2D eigenvalue weighted by Crippen LogP contribution is 2.42. The molecule has 4 heteroatoms. The maximum Gasteiger partial charge on any atom is 0.191 e. The van der Waals surface area contributed by atoms with Crippen LogP contribution < -0.4 is 10.6 Å². The summed E-state index contributed by atoms with van der Waals surface area (Å²) in [5.74, 6) is 0.931. The van der Waals surface area contributed by atoms with Crippen molar-refractivity contribution in [2.24, 2.45) is 10.4 Å². The standard InChI is InChI=1S/C17H27N3.HI/c1-3-17(11-7-12-17)14-20-16(18-2)19-13-10-15-8-5-4-6-9-15;/h4-6,8-9H,3,7,10-14H2,1-2H3,(H2,18,19,20);1H. The third kappa shape index (κ3) is 5.49. The number of nitrogens with zero attached hydrogens (tertiary/aromatic N) is 1. The number of hydrogen-bond acceptors (Lipinski definition) is 1. The van der Waals surface area contributed by atoms with E-state index in [0.717, 1.165) is 25.5 Å². The van der Waals surface area contributed by atoms with Crippen LogP contribution in [-0.2, 0) is 6.42 Å². The number of hydrogen-bond donors (Lipinski definition) is 2. The maximum absolute atomic E-state index is 4.31. The molecular formula is C17H28IN3. The van der Waals surface area contributed by atoms with Crippen molar-refractivity contribution in [2.75, 3.05) is 20.1 Å². The van der Waals surface area contributed by atoms with Crippen LogP contribution in [0.3, 0.4) is 0 Å². The zero-order valence-corrected chi connectivity index (χ0v) is 15.5. The number of nitrogens with one attached hydrogen (secondary N) is 2. The van der Waals surface area contributed by atoms with Crippen LogP contribution in [0.2, 0.25) is 0 Å². The molecule has 118 valence electrons. The van der Waals surface area contributed by atoms with E-state index in [9.17, 15) is 0 Å². The molecule has 3 nitrogen and oxygen atoms in total. The molecule has 0 radical (unpaired) electrons. The molecule has 1 aliphatic carbocycles. The summed E-state index contributed by atoms with van der Waals surface area (Å²) in [6.07, 6.45) is 6.39. The Balaban J connectivity index is 0.00000220. The number of benzene rings is 1. The number of aliphatic imine (C=N–C) groups is 1. The molecule has 0 heterocycles. The molecule has 1 saturated carbocycles. The van der Waals surface area contributed by atoms with E-state index >= 15 is 0 Å². The van der Waals surface area contributed by atoms with Crippen LogP contribution in [0.15, 0.2) is 35.3 Å². The zero-order chi connectivity index (χ0) is 14.3. The normalized spacial score (nSPS) is 16.6. The lowest BCUT2D eigenvalue weighted by atomic mass is 9.67. The van der Waals surface area contributed by atoms with Crippen molar-refractivity contribution in [1.29, 1.82) is 0 Å². The Hall–Kier alpha value is -0.780. The van der Waals surface area contributed by atoms with Crippen molar-refractivity contribution in [2.45, 2.75) is 39.0 Å². The van der Waals surface area contributed by atoms with Crippen LogP contribution in [0.25, 0.3) is 0 Å². The predicted molar refractivity (Wildman–Crippen MR) is 102 cm³/mol. The Morgan fingerprint density at radius 2 is 1.90 bits per heavy atom. The Labute approximate surface area is 146 Å². The minimum atomic E-state index is 0. The molecule has 0 spiro atoms. The molecule has 1 fully saturated rings. The Morgan fingerprint density at radius 1 is 1.19 bits per heavy atom. The predicted octanol–water partition coefficient (Wildman–Crippen LogP) is 3.59. The van der Waals surface area contributed by atoms with Crippen molar-refractivity contribution < 1.29 is 0 Å². The molecule has 0 aromatic heterocycles. The third-order valence-corrected chi connectivity index (χ3v) is 4.57. The second-order valence-corrected chi connectivity index (χ2v) is 5.80. The van der Waals surface area contributed by atoms with Gasteiger partial charge in [0, 0.05) is 20.1 Å². The number of guanidine groups is 1. The van der Waals surface area contributed by atoms with E-state index in [1.807, 2.05) is 7.05 Å². The number of rotatable bonds is 6. The first kappa shape index (κ1) is 18.3. The van der Waals surface area contributed by atoms with E-state index in [1.54, 1.807) is 0 Å². The van der Waals surface area contributed by atoms with Crippen LogP contribution in [0.4, 0.5) is 0 Å². The van der Waals surface area contributed by atoms with Gasteiger partial charge in [-0.15, -0.1) is 24.0 Å². The fourth-order valence-corrected chi connectivity index (χ4v) is 2.79. The van der Waals surface area contributed by atoms with Gasteiger partial charge in [0.05, 0.1) is 0 Å². The molecule has 21 heavy (non-hydrogen) atoms. The van der Waals surface area contributed by atoms with Gasteiger partial charge in [-0.1, -0.05) is 43.7 Å². The van der Waals surface area contributed by atoms with Gasteiger partial charge < -0.3 is 10.6 Å². The summed E-state index contributed by atoms with van der Waals surface area (Å²) in [4.78, 5) is 4.31. The molecular weight excluding hydrogens is 373 g/mol. The maximum atomic E-state index is 4.31. The molecule has 1 aliphatic rings. The summed E-state index contributed by atoms with van der Waals surface area (Å²) in [6, 6.07) is 10.6. The molecule has 0 bridgehead atoms. The molecule has 0 atom stereocenters. The molecule has 1 aromatic rings. The first-order valence-corrected chi connectivity index (χ1v) is 7.76. The van der Waals surface area contributed by atoms with Gasteiger partial charge in [-0.25, -0.2) is 0 Å². The van der Waals surface area contributed by atoms with Crippen LogP contribution in [0, 0.1) is 5.41 Å². The molecule has 0 saturated heterocycles. The SMILES string of the molecule is CCC1(CNC(=NC)NCCc2ccccc2)CCC1.I. The van der Waals surface area contributed by atoms with E-state index in [4.69, 9.17) is 0 Å². The van der Waals surface area contributed by atoms with Crippen LogP contribution >= 0.6 is 24.0 Å². The molecule has 0 unspecified atom stereocenters. The molecule has 1 aromatic carbocycles. The summed E-state index contributed by atoms with van der Waals surface area (Å²) < 4.78 is 0. The third-order valence-electron chi connectivity index (χ3n) is 4.57. The average molecular weight is 401 g/mol. The van der Waals surface area contributed by atoms with Gasteiger partial charge in [0.25, 0.3) is 0 Å². The van der Waals surface area contributed by atoms with Crippen LogP contribution in [-0.4, -0.2) is 26.1 Å². The number of halogens is 1. The van der Waals surface area contributed by atoms with Gasteiger partial charge in [0.2, 0.25) is 0 Å². The highest BCUT2D eigenvalue weighted by Gasteiger charge is 2.34. The average Bonchev–Trinajstić information content (AvgIpc) is 2.45. The minimum Gasteiger partial charge on any atom is -0.356 e. The van der Waals surface area contributed by atoms with Crippen molar-refractivity contribution in [3.8, 4) is 0 Å². The van der Waals surface area contributed by atoms with Gasteiger partial charge >= 0.3 is 0 Å². The Morgan fingerprint density at radius 3 is 2.43 bits per heavy atom. The molecule has 0 aliphatic heterocycles. The molecule has 2 rings (SSSR count). The van der Waals surface area contributed by atoms with Crippen molar-refractivity contribution >= 4 is 29.9 Å². The lowest BCUT2D eigenvalue weighted by Crippen LogP contribution is -2.46. The van der Waals surface area contributed by atoms with Gasteiger partial charge in [-0.05, 0) is 36.7 Å². The molecule has 0 amide bonds. The summed E-state index contributed by atoms with van der Waals surface area (Å²) in [5, 5.41) is 6.89. The quantitative estimate of drug-likeness (QED) is 0.434. The topological polar surface area (TPSA) is 36.4 Å². The van der Waals surface area contributed by atoms with E-state index in [0.29, 0.717) is 5.41 Å². The fraction of sp³-hybridized carbons (Fsp3) is 0.588. The lowest BCUT2D eigenvalue weighted by molar-refractivity contribution is 0.131. The van der Waals surface area contributed by atoms with Gasteiger partial charge in [0.15, 0.2) is 5.96 Å². The zero-order valence-electron chi connectivity index (χ0n) is 13.2. The minimum absolute atomic E-state index is 0. The van der Waals surface area contributed by atoms with E-state index in [2.05, 4.69) is 52.9 Å². The van der Waals surface area contributed by atoms with E-state index in [1.165, 1.54) is 31.2 Å². The van der Waals surface area contributed by atoms with Gasteiger partial charge in [-0.2, -0.15) is 0 Å². The fourth-order valence-electron chi connectivity index (χ4n) is 2.79. The van der Waals surface area contributed by atoms with E-state index in [-0.39, 0.29) is 24.0 Å². The van der Waals surface area contributed by atoms with Crippen molar-refractivity contribution in [3.05, 3.63) is 35.9 Å². The smallest absolute Gasteiger partial charge is 0.191 e. The van der Waals surface area contributed by atoms with Gasteiger partial charge in [0.1, 0.15) is 0 Å². The Bertz CT molecular complexity index is 421. The first-order chi connectivity index (χ1) is 9.78. The first-order valence-electron chi connectivity index (χ1n) is 7.76. The molecule has 2 N–H and O–H groups in total. The summed E-state index contributed by atoms with van der Waals surface area (Å²) in [7, 11) is 1.84. The Kier molecular flexibility index (Phi) is 8.07. The lowest BCUT2D eigenvalue weighted by Gasteiger charge is -2.41. The van der Waals surface area contributed by atoms with Crippen molar-refractivity contribution in [1.82, 2.24) is 10.6 Å². The summed E-state index contributed by atoms with van der Waals surface area (Å²) in [6.45, 7) is 4.27. The second-order valence-electron chi connectivity index (χ2n) is 5.80. The second kappa shape index (κ2) is 9.28. The summed E-state index contributed by atoms with van der Waals surface area (Å²) in [5.41, 5.74) is 1.89. The summed E-state index contributed by atoms with van der Waals surface area (Å²) >= 11 is 0. The highest BCUT2D eigenvalue weighted by atomic mass is 127. The van der Waals surface area contributed by atoms with Gasteiger partial charge in [-0.3, -0.25) is 4.99 Å². The largest absolute Gasteiger partial charge is 0.356 e. The van der Waals surface area contributed by atoms with Crippen LogP contribution in [0.5, 0.6) is 0 Å². The highest BCUT2D eigenvalue weighted by molar-refractivity contribution is 14.0. The monoisotopic (exact) mass is 401 g/mol. The van der Waals surface area contributed by atoms with Crippen molar-refractivity contribution in [3.63, 3.8) is 0 Å².